The molecule has 4 fully saturated rings. The smallest absolute Gasteiger partial charge is 0.256 e. The standard InChI is InChI=1S/C46H62O8Si2/c1-29(2)55(30(3)4,31(5)6)23-13-35-25-37-41-38(26-35)44(49-17-18-50-44)46(53-21-22-54-46)40-28-36(14-24-56(32(7)8,33(9)10)34(11)12)27-39(42(40)41)45(51-19-20-52-45)43(37)47-15-16-48-43/h25-34H,15-22H2,1-12H3. The van der Waals surface area contributed by atoms with Crippen molar-refractivity contribution in [2.45, 2.75) is 139 Å². The highest BCUT2D eigenvalue weighted by Gasteiger charge is 2.73. The van der Waals surface area contributed by atoms with Gasteiger partial charge in [0.05, 0.1) is 52.9 Å². The van der Waals surface area contributed by atoms with Crippen molar-refractivity contribution in [3.05, 3.63) is 57.6 Å². The second-order valence-corrected chi connectivity index (χ2v) is 29.6. The number of hydrogen-bond acceptors (Lipinski definition) is 8. The molecule has 0 amide bonds. The Labute approximate surface area is 337 Å². The highest BCUT2D eigenvalue weighted by atomic mass is 28.3. The molecule has 10 heteroatoms. The van der Waals surface area contributed by atoms with Gasteiger partial charge in [-0.15, -0.1) is 11.1 Å². The van der Waals surface area contributed by atoms with Crippen LogP contribution in [0, 0.1) is 22.9 Å². The molecule has 302 valence electrons. The quantitative estimate of drug-likeness (QED) is 0.212. The van der Waals surface area contributed by atoms with Crippen molar-refractivity contribution < 1.29 is 37.9 Å². The topological polar surface area (TPSA) is 73.8 Å². The number of hydrogen-bond donors (Lipinski definition) is 0. The first-order valence-electron chi connectivity index (χ1n) is 21.2. The van der Waals surface area contributed by atoms with Crippen molar-refractivity contribution >= 4 is 16.1 Å². The highest BCUT2D eigenvalue weighted by Crippen LogP contribution is 2.68. The van der Waals surface area contributed by atoms with Crippen molar-refractivity contribution in [2.75, 3.05) is 52.9 Å². The second-order valence-electron chi connectivity index (χ2n) is 18.4. The summed E-state index contributed by atoms with van der Waals surface area (Å²) in [5.74, 6) is 1.82. The molecule has 2 aromatic rings. The largest absolute Gasteiger partial charge is 0.339 e. The van der Waals surface area contributed by atoms with Gasteiger partial charge in [0.25, 0.3) is 23.1 Å². The predicted molar refractivity (Wildman–Crippen MR) is 222 cm³/mol. The maximum Gasteiger partial charge on any atom is 0.256 e. The lowest BCUT2D eigenvalue weighted by Gasteiger charge is -2.53. The van der Waals surface area contributed by atoms with Gasteiger partial charge in [0.2, 0.25) is 0 Å². The lowest BCUT2D eigenvalue weighted by molar-refractivity contribution is -0.372. The zero-order chi connectivity index (χ0) is 40.1. The SMILES string of the molecule is CC(C)[Si](C#Cc1cc2c3c(c1)C1(OCCO1)C1(OCCO1)c1cc(C#C[Si](C(C)C)(C(C)C)C(C)C)cc(c1-3)C1(OCCO1)C21OCCO1)(C(C)C)C(C)C. The van der Waals surface area contributed by atoms with E-state index in [9.17, 15) is 0 Å². The number of benzene rings is 2. The summed E-state index contributed by atoms with van der Waals surface area (Å²) in [5.41, 5.74) is 17.5. The van der Waals surface area contributed by atoms with Crippen LogP contribution in [0.3, 0.4) is 0 Å². The Bertz CT molecular complexity index is 1710. The van der Waals surface area contributed by atoms with E-state index < -0.39 is 39.3 Å². The van der Waals surface area contributed by atoms with Crippen LogP contribution in [0.15, 0.2) is 24.3 Å². The van der Waals surface area contributed by atoms with Crippen LogP contribution < -0.4 is 0 Å². The minimum atomic E-state index is -2.11. The van der Waals surface area contributed by atoms with E-state index in [-0.39, 0.29) is 0 Å². The van der Waals surface area contributed by atoms with Gasteiger partial charge in [-0.2, -0.15) is 0 Å². The van der Waals surface area contributed by atoms with E-state index in [2.05, 4.69) is 130 Å². The summed E-state index contributed by atoms with van der Waals surface area (Å²) in [4.78, 5) is 0. The number of rotatable bonds is 6. The Morgan fingerprint density at radius 2 is 0.571 bits per heavy atom. The monoisotopic (exact) mass is 798 g/mol. The van der Waals surface area contributed by atoms with E-state index in [1.54, 1.807) is 0 Å². The fraction of sp³-hybridized carbons (Fsp3) is 0.652. The lowest BCUT2D eigenvalue weighted by Crippen LogP contribution is -2.58. The predicted octanol–water partition coefficient (Wildman–Crippen LogP) is 9.32. The number of fused-ring (bicyclic) bond motifs is 6. The summed E-state index contributed by atoms with van der Waals surface area (Å²) >= 11 is 0. The summed E-state index contributed by atoms with van der Waals surface area (Å²) in [6, 6.07) is 8.59. The first-order valence-corrected chi connectivity index (χ1v) is 25.6. The van der Waals surface area contributed by atoms with Gasteiger partial charge in [0.15, 0.2) is 0 Å². The average molecular weight is 799 g/mol. The minimum absolute atomic E-state index is 0.379. The van der Waals surface area contributed by atoms with E-state index in [4.69, 9.17) is 37.9 Å². The number of ether oxygens (including phenoxy) is 8. The van der Waals surface area contributed by atoms with E-state index in [1.165, 1.54) is 0 Å². The van der Waals surface area contributed by atoms with Gasteiger partial charge in [-0.1, -0.05) is 94.9 Å². The fourth-order valence-corrected chi connectivity index (χ4v) is 22.4. The molecule has 4 saturated heterocycles. The molecule has 0 bridgehead atoms. The molecule has 4 spiro atoms. The summed E-state index contributed by atoms with van der Waals surface area (Å²) < 4.78 is 54.9. The lowest BCUT2D eigenvalue weighted by atomic mass is 9.65. The third-order valence-corrected chi connectivity index (χ3v) is 26.7. The molecule has 0 N–H and O–H groups in total. The third kappa shape index (κ3) is 5.20. The Morgan fingerprint density at radius 3 is 0.750 bits per heavy atom. The Morgan fingerprint density at radius 1 is 0.375 bits per heavy atom. The van der Waals surface area contributed by atoms with Crippen LogP contribution in [0.2, 0.25) is 33.2 Å². The van der Waals surface area contributed by atoms with Crippen LogP contribution in [0.25, 0.3) is 11.1 Å². The molecule has 6 aliphatic rings. The van der Waals surface area contributed by atoms with Gasteiger partial charge in [0.1, 0.15) is 16.1 Å². The molecule has 4 heterocycles. The summed E-state index contributed by atoms with van der Waals surface area (Å²) in [5, 5.41) is 0. The van der Waals surface area contributed by atoms with E-state index >= 15 is 0 Å². The molecule has 56 heavy (non-hydrogen) atoms. The molecule has 0 unspecified atom stereocenters. The van der Waals surface area contributed by atoms with Gasteiger partial charge < -0.3 is 37.9 Å². The van der Waals surface area contributed by atoms with Crippen LogP contribution >= 0.6 is 0 Å². The summed E-state index contributed by atoms with van der Waals surface area (Å²) in [6.07, 6.45) is 0. The summed E-state index contributed by atoms with van der Waals surface area (Å²) in [7, 11) is -4.22. The third-order valence-electron chi connectivity index (χ3n) is 14.2. The van der Waals surface area contributed by atoms with E-state index in [1.807, 2.05) is 0 Å². The van der Waals surface area contributed by atoms with Crippen molar-refractivity contribution in [1.82, 2.24) is 0 Å². The Hall–Kier alpha value is -2.33. The molecule has 0 aromatic heterocycles. The maximum absolute atomic E-state index is 6.87. The molecular weight excluding hydrogens is 737 g/mol. The molecule has 0 radical (unpaired) electrons. The van der Waals surface area contributed by atoms with Gasteiger partial charge >= 0.3 is 0 Å². The molecule has 2 aliphatic carbocycles. The molecular formula is C46H62O8Si2. The van der Waals surface area contributed by atoms with Crippen molar-refractivity contribution in [1.29, 1.82) is 0 Å². The van der Waals surface area contributed by atoms with Crippen molar-refractivity contribution in [3.8, 4) is 34.1 Å². The molecule has 4 aliphatic heterocycles. The van der Waals surface area contributed by atoms with E-state index in [0.717, 1.165) is 44.5 Å². The van der Waals surface area contributed by atoms with Gasteiger partial charge in [-0.25, -0.2) is 0 Å². The first kappa shape index (κ1) is 40.5. The average Bonchev–Trinajstić information content (AvgIpc) is 3.98. The first-order chi connectivity index (χ1) is 26.6. The van der Waals surface area contributed by atoms with Gasteiger partial charge in [-0.05, 0) is 57.5 Å². The Balaban J connectivity index is 1.49. The van der Waals surface area contributed by atoms with Crippen LogP contribution in [-0.4, -0.2) is 69.0 Å². The molecule has 8 nitrogen and oxygen atoms in total. The van der Waals surface area contributed by atoms with Crippen LogP contribution in [0.5, 0.6) is 0 Å². The Kier molecular flexibility index (Phi) is 10.2. The molecule has 2 aromatic carbocycles. The van der Waals surface area contributed by atoms with Crippen LogP contribution in [0.1, 0.15) is 116 Å². The fourth-order valence-electron chi connectivity index (χ4n) is 12.0. The zero-order valence-corrected chi connectivity index (χ0v) is 37.7. The molecule has 0 atom stereocenters. The zero-order valence-electron chi connectivity index (χ0n) is 35.7. The van der Waals surface area contributed by atoms with Gasteiger partial charge in [0, 0.05) is 44.5 Å². The molecule has 0 saturated carbocycles. The van der Waals surface area contributed by atoms with Crippen LogP contribution in [0.4, 0.5) is 0 Å². The second kappa shape index (κ2) is 14.2. The van der Waals surface area contributed by atoms with Crippen molar-refractivity contribution in [3.63, 3.8) is 0 Å². The van der Waals surface area contributed by atoms with E-state index in [0.29, 0.717) is 86.1 Å². The molecule has 8 rings (SSSR count). The highest BCUT2D eigenvalue weighted by molar-refractivity contribution is 6.91. The maximum atomic E-state index is 6.87. The van der Waals surface area contributed by atoms with Gasteiger partial charge in [-0.3, -0.25) is 0 Å². The minimum Gasteiger partial charge on any atom is -0.339 e. The van der Waals surface area contributed by atoms with Crippen molar-refractivity contribution in [2.24, 2.45) is 0 Å². The summed E-state index contributed by atoms with van der Waals surface area (Å²) in [6.45, 7) is 31.1. The van der Waals surface area contributed by atoms with Crippen LogP contribution in [-0.2, 0) is 61.0 Å². The normalized spacial score (nSPS) is 22.4.